The molecule has 32 heavy (non-hydrogen) atoms. The van der Waals surface area contributed by atoms with E-state index in [2.05, 4.69) is 10.6 Å². The molecule has 3 aliphatic carbocycles. The number of nitrogens with zero attached hydrogens (tertiary/aromatic N) is 1. The Labute approximate surface area is 189 Å². The van der Waals surface area contributed by atoms with Crippen LogP contribution in [0.15, 0.2) is 12.2 Å². The van der Waals surface area contributed by atoms with Gasteiger partial charge in [-0.2, -0.15) is 0 Å². The molecule has 5 fully saturated rings. The van der Waals surface area contributed by atoms with E-state index in [1.165, 1.54) is 12.8 Å². The van der Waals surface area contributed by atoms with E-state index in [1.54, 1.807) is 4.90 Å². The van der Waals surface area contributed by atoms with Gasteiger partial charge >= 0.3 is 0 Å². The Kier molecular flexibility index (Phi) is 5.08. The van der Waals surface area contributed by atoms with E-state index in [4.69, 9.17) is 4.74 Å². The van der Waals surface area contributed by atoms with Crippen LogP contribution in [-0.4, -0.2) is 58.5 Å². The third-order valence-electron chi connectivity index (χ3n) is 8.71. The van der Waals surface area contributed by atoms with Gasteiger partial charge in [-0.15, -0.1) is 0 Å². The second kappa shape index (κ2) is 7.86. The molecule has 5 atom stereocenters. The molecular weight excluding hydrogens is 406 g/mol. The van der Waals surface area contributed by atoms with Crippen molar-refractivity contribution in [2.45, 2.75) is 113 Å². The summed E-state index contributed by atoms with van der Waals surface area (Å²) in [7, 11) is 0. The lowest BCUT2D eigenvalue weighted by atomic mass is 9.74. The first-order chi connectivity index (χ1) is 15.6. The van der Waals surface area contributed by atoms with E-state index in [1.807, 2.05) is 12.2 Å². The second-order valence-corrected chi connectivity index (χ2v) is 10.9. The predicted octanol–water partition coefficient (Wildman–Crippen LogP) is 2.20. The summed E-state index contributed by atoms with van der Waals surface area (Å²) < 4.78 is 6.41. The van der Waals surface area contributed by atoms with Gasteiger partial charge in [-0.05, 0) is 38.5 Å². The number of nitrogens with one attached hydrogen (secondary N) is 2. The van der Waals surface area contributed by atoms with E-state index < -0.39 is 29.6 Å². The molecule has 2 N–H and O–H groups in total. The maximum absolute atomic E-state index is 13.7. The van der Waals surface area contributed by atoms with E-state index in [-0.39, 0.29) is 35.8 Å². The van der Waals surface area contributed by atoms with Crippen LogP contribution in [0.4, 0.5) is 0 Å². The number of carbonyl (C=O) groups is 3. The summed E-state index contributed by atoms with van der Waals surface area (Å²) in [5.74, 6) is -1.37. The third kappa shape index (κ3) is 3.22. The highest BCUT2D eigenvalue weighted by Crippen LogP contribution is 2.57. The van der Waals surface area contributed by atoms with Gasteiger partial charge in [0.15, 0.2) is 0 Å². The lowest BCUT2D eigenvalue weighted by molar-refractivity contribution is -0.142. The predicted molar refractivity (Wildman–Crippen MR) is 117 cm³/mol. The van der Waals surface area contributed by atoms with Gasteiger partial charge in [0.25, 0.3) is 0 Å². The largest absolute Gasteiger partial charge is 0.359 e. The van der Waals surface area contributed by atoms with Crippen LogP contribution in [0.3, 0.4) is 0 Å². The minimum absolute atomic E-state index is 0.0630. The average Bonchev–Trinajstić information content (AvgIpc) is 3.39. The van der Waals surface area contributed by atoms with Crippen molar-refractivity contribution in [2.75, 3.05) is 0 Å². The van der Waals surface area contributed by atoms with Crippen LogP contribution in [0, 0.1) is 11.8 Å². The first kappa shape index (κ1) is 20.7. The van der Waals surface area contributed by atoms with Crippen LogP contribution in [0.5, 0.6) is 0 Å². The van der Waals surface area contributed by atoms with Gasteiger partial charge in [0, 0.05) is 18.1 Å². The van der Waals surface area contributed by atoms with Crippen LogP contribution >= 0.6 is 0 Å². The first-order valence-electron chi connectivity index (χ1n) is 12.9. The third-order valence-corrected chi connectivity index (χ3v) is 8.71. The van der Waals surface area contributed by atoms with E-state index in [0.717, 1.165) is 64.2 Å². The maximum Gasteiger partial charge on any atom is 0.246 e. The van der Waals surface area contributed by atoms with Gasteiger partial charge in [0.2, 0.25) is 17.7 Å². The average molecular weight is 442 g/mol. The quantitative estimate of drug-likeness (QED) is 0.641. The van der Waals surface area contributed by atoms with E-state index in [0.29, 0.717) is 0 Å². The Morgan fingerprint density at radius 1 is 0.875 bits per heavy atom. The molecule has 174 valence electrons. The molecule has 0 unspecified atom stereocenters. The van der Waals surface area contributed by atoms with Gasteiger partial charge in [-0.1, -0.05) is 50.7 Å². The number of fused-ring (bicyclic) bond motifs is 1. The summed E-state index contributed by atoms with van der Waals surface area (Å²) in [6.07, 6.45) is 16.3. The zero-order chi connectivity index (χ0) is 21.9. The molecule has 3 saturated carbocycles. The topological polar surface area (TPSA) is 87.7 Å². The molecule has 1 spiro atoms. The van der Waals surface area contributed by atoms with Gasteiger partial charge < -0.3 is 20.3 Å². The fraction of sp³-hybridized carbons (Fsp3) is 0.800. The number of rotatable bonds is 5. The van der Waals surface area contributed by atoms with Gasteiger partial charge in [0.05, 0.1) is 17.9 Å². The van der Waals surface area contributed by atoms with Crippen LogP contribution < -0.4 is 10.6 Å². The highest BCUT2D eigenvalue weighted by Gasteiger charge is 2.74. The molecule has 2 bridgehead atoms. The Balaban J connectivity index is 1.26. The number of likely N-dealkylation sites (tertiary alicyclic amines) is 1. The first-order valence-corrected chi connectivity index (χ1v) is 12.9. The summed E-state index contributed by atoms with van der Waals surface area (Å²) in [5, 5.41) is 6.47. The number of ether oxygens (including phenoxy) is 1. The lowest BCUT2D eigenvalue weighted by Gasteiger charge is -2.34. The van der Waals surface area contributed by atoms with Crippen LogP contribution in [0.25, 0.3) is 0 Å². The highest BCUT2D eigenvalue weighted by atomic mass is 16.5. The van der Waals surface area contributed by atoms with Crippen molar-refractivity contribution >= 4 is 17.7 Å². The summed E-state index contributed by atoms with van der Waals surface area (Å²) in [6.45, 7) is 0. The maximum atomic E-state index is 13.7. The monoisotopic (exact) mass is 441 g/mol. The molecular formula is C25H35N3O4. The summed E-state index contributed by atoms with van der Waals surface area (Å²) in [5.41, 5.74) is -1.00. The van der Waals surface area contributed by atoms with Crippen molar-refractivity contribution in [2.24, 2.45) is 11.8 Å². The van der Waals surface area contributed by atoms with E-state index in [9.17, 15) is 14.4 Å². The summed E-state index contributed by atoms with van der Waals surface area (Å²) in [4.78, 5) is 42.5. The molecule has 7 nitrogen and oxygen atoms in total. The Bertz CT molecular complexity index is 827. The molecule has 3 heterocycles. The summed E-state index contributed by atoms with van der Waals surface area (Å²) in [6, 6.07) is -0.196. The zero-order valence-electron chi connectivity index (χ0n) is 18.8. The Hall–Kier alpha value is -1.89. The fourth-order valence-electron chi connectivity index (χ4n) is 7.02. The minimum Gasteiger partial charge on any atom is -0.359 e. The Morgan fingerprint density at radius 3 is 2.06 bits per heavy atom. The van der Waals surface area contributed by atoms with Crippen molar-refractivity contribution in [3.8, 4) is 0 Å². The van der Waals surface area contributed by atoms with Crippen LogP contribution in [-0.2, 0) is 19.1 Å². The molecule has 7 heteroatoms. The minimum atomic E-state index is -1.00. The van der Waals surface area contributed by atoms with E-state index >= 15 is 0 Å². The van der Waals surface area contributed by atoms with Gasteiger partial charge in [-0.3, -0.25) is 14.4 Å². The molecule has 0 aromatic rings. The molecule has 6 aliphatic rings. The summed E-state index contributed by atoms with van der Waals surface area (Å²) >= 11 is 0. The van der Waals surface area contributed by atoms with Crippen LogP contribution in [0.2, 0.25) is 0 Å². The molecule has 0 aromatic heterocycles. The molecule has 3 amide bonds. The van der Waals surface area contributed by atoms with Crippen molar-refractivity contribution in [1.82, 2.24) is 15.5 Å². The molecule has 6 rings (SSSR count). The molecule has 0 aromatic carbocycles. The fourth-order valence-corrected chi connectivity index (χ4v) is 7.02. The van der Waals surface area contributed by atoms with Crippen molar-refractivity contribution < 1.29 is 19.1 Å². The van der Waals surface area contributed by atoms with Gasteiger partial charge in [0.1, 0.15) is 11.6 Å². The zero-order valence-corrected chi connectivity index (χ0v) is 18.8. The van der Waals surface area contributed by atoms with Crippen molar-refractivity contribution in [3.63, 3.8) is 0 Å². The second-order valence-electron chi connectivity index (χ2n) is 10.9. The highest BCUT2D eigenvalue weighted by molar-refractivity contribution is 6.00. The van der Waals surface area contributed by atoms with Gasteiger partial charge in [-0.25, -0.2) is 0 Å². The standard InChI is InChI=1S/C25H35N3O4/c29-22(26-15-7-3-1-4-8-15)19-18-13-14-25(32-18)20(19)24(31)28(17-11-12-17)21(25)23(30)27-16-9-5-2-6-10-16/h13-21H,1-12H2,(H,26,29)(H,27,30)/t18-,19-,20-,21-,25-/m1/s1. The SMILES string of the molecule is O=C(NC1CCCCC1)[C@@H]1[C@H]2C=C[C@@]3(O2)[C@H]1C(=O)N(C1CC1)[C@@H]3C(=O)NC1CCCCC1. The number of carbonyl (C=O) groups excluding carboxylic acids is 3. The molecule has 3 aliphatic heterocycles. The van der Waals surface area contributed by atoms with Crippen LogP contribution in [0.1, 0.15) is 77.0 Å². The lowest BCUT2D eigenvalue weighted by Crippen LogP contribution is -2.57. The van der Waals surface area contributed by atoms with Crippen molar-refractivity contribution in [1.29, 1.82) is 0 Å². The number of amides is 3. The molecule has 2 saturated heterocycles. The number of hydrogen-bond donors (Lipinski definition) is 2. The number of hydrogen-bond acceptors (Lipinski definition) is 4. The van der Waals surface area contributed by atoms with Crippen molar-refractivity contribution in [3.05, 3.63) is 12.2 Å². The smallest absolute Gasteiger partial charge is 0.246 e. The normalized spacial score (nSPS) is 39.4. The molecule has 0 radical (unpaired) electrons. The Morgan fingerprint density at radius 2 is 1.47 bits per heavy atom.